The minimum Gasteiger partial charge on any atom is -0.372 e. The van der Waals surface area contributed by atoms with Gasteiger partial charge < -0.3 is 10.5 Å². The maximum Gasteiger partial charge on any atom is 0.246 e. The maximum atomic E-state index is 10.0. The summed E-state index contributed by atoms with van der Waals surface area (Å²) in [6.07, 6.45) is -0.458. The normalized spacial score (nSPS) is 11.2. The van der Waals surface area contributed by atoms with Crippen molar-refractivity contribution in [2.75, 3.05) is 12.4 Å². The van der Waals surface area contributed by atoms with Crippen molar-refractivity contribution in [2.45, 2.75) is 13.0 Å². The van der Waals surface area contributed by atoms with Gasteiger partial charge in [-0.3, -0.25) is 4.79 Å². The maximum absolute atomic E-state index is 10.0. The minimum atomic E-state index is -0.458. The van der Waals surface area contributed by atoms with E-state index in [4.69, 9.17) is 28.9 Å². The molecule has 0 saturated carbocycles. The molecular formula is C5H11Cl2NO2. The van der Waals surface area contributed by atoms with E-state index >= 15 is 0 Å². The monoisotopic (exact) mass is 187 g/mol. The Kier molecular flexibility index (Phi) is 11.4. The summed E-state index contributed by atoms with van der Waals surface area (Å²) < 4.78 is 4.54. The van der Waals surface area contributed by atoms with Crippen LogP contribution in [0.2, 0.25) is 0 Å². The zero-order chi connectivity index (χ0) is 8.57. The van der Waals surface area contributed by atoms with Crippen molar-refractivity contribution in [3.05, 3.63) is 0 Å². The number of alkyl halides is 2. The van der Waals surface area contributed by atoms with Crippen molar-refractivity contribution in [1.82, 2.24) is 0 Å². The number of nitrogens with two attached hydrogens (primary N) is 1. The van der Waals surface area contributed by atoms with Crippen LogP contribution in [-0.2, 0) is 9.53 Å². The highest BCUT2D eigenvalue weighted by Gasteiger charge is 2.03. The van der Waals surface area contributed by atoms with Crippen molar-refractivity contribution in [2.24, 2.45) is 5.73 Å². The molecule has 62 valence electrons. The lowest BCUT2D eigenvalue weighted by atomic mass is 10.4. The van der Waals surface area contributed by atoms with Gasteiger partial charge in [-0.25, -0.2) is 0 Å². The van der Waals surface area contributed by atoms with Gasteiger partial charge in [0.1, 0.15) is 6.10 Å². The smallest absolute Gasteiger partial charge is 0.246 e. The Labute approximate surface area is 70.4 Å². The number of methoxy groups -OCH3 is 1. The van der Waals surface area contributed by atoms with Crippen molar-refractivity contribution >= 4 is 29.1 Å². The van der Waals surface area contributed by atoms with Crippen LogP contribution in [0.4, 0.5) is 0 Å². The van der Waals surface area contributed by atoms with Crippen LogP contribution >= 0.6 is 23.2 Å². The van der Waals surface area contributed by atoms with Gasteiger partial charge in [0.15, 0.2) is 0 Å². The van der Waals surface area contributed by atoms with Crippen molar-refractivity contribution in [3.8, 4) is 0 Å². The van der Waals surface area contributed by atoms with Crippen LogP contribution in [0.5, 0.6) is 0 Å². The Bertz CT molecular complexity index is 89.7. The molecule has 0 fully saturated rings. The quantitative estimate of drug-likeness (QED) is 0.655. The molecule has 10 heavy (non-hydrogen) atoms. The average molecular weight is 188 g/mol. The topological polar surface area (TPSA) is 52.3 Å². The number of hydrogen-bond donors (Lipinski definition) is 1. The largest absolute Gasteiger partial charge is 0.372 e. The summed E-state index contributed by atoms with van der Waals surface area (Å²) in [6, 6.07) is 0. The lowest BCUT2D eigenvalue weighted by Gasteiger charge is -2.00. The van der Waals surface area contributed by atoms with Gasteiger partial charge in [0, 0.05) is 7.11 Å². The van der Waals surface area contributed by atoms with Gasteiger partial charge >= 0.3 is 0 Å². The van der Waals surface area contributed by atoms with E-state index < -0.39 is 12.0 Å². The first-order valence-corrected chi connectivity index (χ1v) is 3.61. The molecule has 0 spiro atoms. The molecule has 0 rings (SSSR count). The first-order valence-electron chi connectivity index (χ1n) is 2.54. The fourth-order valence-corrected chi connectivity index (χ4v) is 0.116. The number of hydrogen-bond acceptors (Lipinski definition) is 2. The predicted molar refractivity (Wildman–Crippen MR) is 42.2 cm³/mol. The second-order valence-electron chi connectivity index (χ2n) is 1.38. The lowest BCUT2D eigenvalue weighted by Crippen LogP contribution is -2.26. The second-order valence-corrected chi connectivity index (χ2v) is 2.19. The van der Waals surface area contributed by atoms with Gasteiger partial charge in [-0.2, -0.15) is 0 Å². The number of carbonyl (C=O) groups is 1. The number of ether oxygens (including phenoxy) is 1. The van der Waals surface area contributed by atoms with Gasteiger partial charge in [-0.1, -0.05) is 0 Å². The molecule has 0 aliphatic heterocycles. The highest BCUT2D eigenvalue weighted by atomic mass is 35.5. The van der Waals surface area contributed by atoms with Gasteiger partial charge in [-0.15, -0.1) is 23.2 Å². The summed E-state index contributed by atoms with van der Waals surface area (Å²) in [5.74, 6) is -0.428. The Morgan fingerprint density at radius 3 is 2.00 bits per heavy atom. The molecule has 1 atom stereocenters. The highest BCUT2D eigenvalue weighted by Crippen LogP contribution is 1.81. The fourth-order valence-electron chi connectivity index (χ4n) is 0.116. The molecular weight excluding hydrogens is 177 g/mol. The minimum absolute atomic E-state index is 0.194. The molecule has 0 aliphatic carbocycles. The standard InChI is InChI=1S/C4H9NO2.CH2Cl2/c1-3(7-2)4(5)6;2-1-3/h3H,1-2H3,(H2,5,6);1H2. The van der Waals surface area contributed by atoms with Crippen LogP contribution in [0.15, 0.2) is 0 Å². The van der Waals surface area contributed by atoms with Crippen LogP contribution in [0.25, 0.3) is 0 Å². The van der Waals surface area contributed by atoms with E-state index in [2.05, 4.69) is 4.74 Å². The fraction of sp³-hybridized carbons (Fsp3) is 0.800. The first-order chi connectivity index (χ1) is 4.59. The molecule has 1 amide bonds. The number of rotatable bonds is 2. The third-order valence-electron chi connectivity index (χ3n) is 0.754. The molecule has 0 aliphatic rings. The molecule has 0 aromatic carbocycles. The lowest BCUT2D eigenvalue weighted by molar-refractivity contribution is -0.126. The van der Waals surface area contributed by atoms with Gasteiger partial charge in [0.25, 0.3) is 0 Å². The summed E-state index contributed by atoms with van der Waals surface area (Å²) >= 11 is 9.53. The second kappa shape index (κ2) is 9.01. The molecule has 0 heterocycles. The van der Waals surface area contributed by atoms with E-state index in [0.717, 1.165) is 0 Å². The van der Waals surface area contributed by atoms with Crippen LogP contribution in [0.3, 0.4) is 0 Å². The first kappa shape index (κ1) is 12.7. The number of amides is 1. The zero-order valence-electron chi connectivity index (χ0n) is 5.93. The Morgan fingerprint density at radius 2 is 2.00 bits per heavy atom. The molecule has 1 unspecified atom stereocenters. The van der Waals surface area contributed by atoms with Crippen LogP contribution in [-0.4, -0.2) is 24.5 Å². The summed E-state index contributed by atoms with van der Waals surface area (Å²) in [6.45, 7) is 1.60. The SMILES string of the molecule is COC(C)C(N)=O.ClCCl. The molecule has 0 aromatic heterocycles. The molecule has 0 aromatic rings. The summed E-state index contributed by atoms with van der Waals surface area (Å²) in [7, 11) is 1.44. The van der Waals surface area contributed by atoms with Crippen molar-refractivity contribution in [1.29, 1.82) is 0 Å². The van der Waals surface area contributed by atoms with E-state index in [0.29, 0.717) is 0 Å². The predicted octanol–water partition coefficient (Wildman–Crippen LogP) is 0.928. The summed E-state index contributed by atoms with van der Waals surface area (Å²) in [4.78, 5) is 10.0. The number of primary amides is 1. The van der Waals surface area contributed by atoms with Gasteiger partial charge in [0.05, 0.1) is 5.34 Å². The summed E-state index contributed by atoms with van der Waals surface area (Å²) in [5, 5.41) is 0.194. The molecule has 2 N–H and O–H groups in total. The Morgan fingerprint density at radius 1 is 1.70 bits per heavy atom. The van der Waals surface area contributed by atoms with Gasteiger partial charge in [0.2, 0.25) is 5.91 Å². The number of halogens is 2. The van der Waals surface area contributed by atoms with E-state index in [1.54, 1.807) is 6.92 Å². The van der Waals surface area contributed by atoms with E-state index in [1.165, 1.54) is 7.11 Å². The Hall–Kier alpha value is 0.01000. The number of carbonyl (C=O) groups excluding carboxylic acids is 1. The summed E-state index contributed by atoms with van der Waals surface area (Å²) in [5.41, 5.74) is 4.78. The molecule has 0 saturated heterocycles. The third kappa shape index (κ3) is 10.9. The molecule has 5 heteroatoms. The molecule has 0 bridgehead atoms. The van der Waals surface area contributed by atoms with Crippen LogP contribution < -0.4 is 5.73 Å². The van der Waals surface area contributed by atoms with E-state index in [9.17, 15) is 4.79 Å². The van der Waals surface area contributed by atoms with Crippen molar-refractivity contribution < 1.29 is 9.53 Å². The van der Waals surface area contributed by atoms with Gasteiger partial charge in [-0.05, 0) is 6.92 Å². The average Bonchev–Trinajstić information content (AvgIpc) is 1.88. The molecule has 3 nitrogen and oxygen atoms in total. The van der Waals surface area contributed by atoms with E-state index in [1.807, 2.05) is 0 Å². The van der Waals surface area contributed by atoms with Crippen LogP contribution in [0, 0.1) is 0 Å². The van der Waals surface area contributed by atoms with Crippen molar-refractivity contribution in [3.63, 3.8) is 0 Å². The molecule has 0 radical (unpaired) electrons. The highest BCUT2D eigenvalue weighted by molar-refractivity contribution is 6.40. The third-order valence-corrected chi connectivity index (χ3v) is 0.754. The van der Waals surface area contributed by atoms with E-state index in [-0.39, 0.29) is 5.34 Å². The van der Waals surface area contributed by atoms with Crippen LogP contribution in [0.1, 0.15) is 6.92 Å². The Balaban J connectivity index is 0. The zero-order valence-corrected chi connectivity index (χ0v) is 7.45.